The molecule has 1 aromatic rings. The quantitative estimate of drug-likeness (QED) is 0.853. The molecular weight excluding hydrogens is 351 g/mol. The number of carbonyl (C=O) groups is 2. The fraction of sp³-hybridized carbons (Fsp3) is 0.600. The molecule has 0 radical (unpaired) electrons. The molecule has 0 aliphatic carbocycles. The SMILES string of the molecule is COc1ccc(C(C(=O)O)N2CCC(C(=O)N3CCCCC3)CC2)cc1F. The van der Waals surface area contributed by atoms with Crippen LogP contribution in [0.3, 0.4) is 0 Å². The van der Waals surface area contributed by atoms with E-state index in [9.17, 15) is 19.1 Å². The molecule has 148 valence electrons. The second-order valence-electron chi connectivity index (χ2n) is 7.33. The number of halogens is 1. The zero-order valence-electron chi connectivity index (χ0n) is 15.7. The van der Waals surface area contributed by atoms with Crippen LogP contribution in [0.1, 0.15) is 43.7 Å². The summed E-state index contributed by atoms with van der Waals surface area (Å²) in [7, 11) is 1.37. The first kappa shape index (κ1) is 19.6. The zero-order chi connectivity index (χ0) is 19.4. The highest BCUT2D eigenvalue weighted by Crippen LogP contribution is 2.30. The number of carboxylic acids is 1. The van der Waals surface area contributed by atoms with Gasteiger partial charge in [0.1, 0.15) is 6.04 Å². The van der Waals surface area contributed by atoms with Crippen molar-refractivity contribution in [3.8, 4) is 5.75 Å². The van der Waals surface area contributed by atoms with Gasteiger partial charge in [0.25, 0.3) is 0 Å². The van der Waals surface area contributed by atoms with Gasteiger partial charge in [-0.1, -0.05) is 6.07 Å². The van der Waals surface area contributed by atoms with Crippen molar-refractivity contribution in [3.63, 3.8) is 0 Å². The first-order valence-corrected chi connectivity index (χ1v) is 9.60. The van der Waals surface area contributed by atoms with Gasteiger partial charge in [-0.3, -0.25) is 14.5 Å². The zero-order valence-corrected chi connectivity index (χ0v) is 15.7. The lowest BCUT2D eigenvalue weighted by Gasteiger charge is -2.37. The van der Waals surface area contributed by atoms with E-state index in [1.165, 1.54) is 25.7 Å². The van der Waals surface area contributed by atoms with Crippen LogP contribution in [0.4, 0.5) is 4.39 Å². The van der Waals surface area contributed by atoms with Crippen molar-refractivity contribution in [1.82, 2.24) is 9.80 Å². The normalized spacial score (nSPS) is 20.3. The Morgan fingerprint density at radius 2 is 1.81 bits per heavy atom. The third-order valence-corrected chi connectivity index (χ3v) is 5.64. The number of hydrogen-bond acceptors (Lipinski definition) is 4. The summed E-state index contributed by atoms with van der Waals surface area (Å²) in [4.78, 5) is 28.3. The van der Waals surface area contributed by atoms with E-state index in [1.807, 2.05) is 9.80 Å². The van der Waals surface area contributed by atoms with E-state index in [-0.39, 0.29) is 17.6 Å². The molecular formula is C20H27FN2O4. The number of carboxylic acid groups (broad SMARTS) is 1. The average molecular weight is 378 g/mol. The molecule has 2 fully saturated rings. The number of aliphatic carboxylic acids is 1. The highest BCUT2D eigenvalue weighted by Gasteiger charge is 2.35. The van der Waals surface area contributed by atoms with Gasteiger partial charge in [-0.15, -0.1) is 0 Å². The maximum Gasteiger partial charge on any atom is 0.325 e. The lowest BCUT2D eigenvalue weighted by atomic mass is 9.92. The summed E-state index contributed by atoms with van der Waals surface area (Å²) in [5.41, 5.74) is 0.390. The van der Waals surface area contributed by atoms with E-state index in [0.717, 1.165) is 25.9 Å². The first-order chi connectivity index (χ1) is 13.0. The molecule has 1 N–H and O–H groups in total. The molecule has 2 aliphatic rings. The summed E-state index contributed by atoms with van der Waals surface area (Å²) >= 11 is 0. The Morgan fingerprint density at radius 1 is 1.15 bits per heavy atom. The summed E-state index contributed by atoms with van der Waals surface area (Å²) in [5, 5.41) is 9.70. The third-order valence-electron chi connectivity index (χ3n) is 5.64. The molecule has 0 spiro atoms. The minimum atomic E-state index is -1.01. The topological polar surface area (TPSA) is 70.1 Å². The summed E-state index contributed by atoms with van der Waals surface area (Å²) in [6.07, 6.45) is 4.58. The fourth-order valence-electron chi connectivity index (χ4n) is 4.14. The van der Waals surface area contributed by atoms with Crippen LogP contribution in [0.15, 0.2) is 18.2 Å². The number of likely N-dealkylation sites (tertiary alicyclic amines) is 2. The van der Waals surface area contributed by atoms with Crippen molar-refractivity contribution in [1.29, 1.82) is 0 Å². The van der Waals surface area contributed by atoms with Crippen LogP contribution in [0.25, 0.3) is 0 Å². The van der Waals surface area contributed by atoms with Gasteiger partial charge in [0.05, 0.1) is 7.11 Å². The van der Waals surface area contributed by atoms with Gasteiger partial charge in [-0.25, -0.2) is 4.39 Å². The summed E-state index contributed by atoms with van der Waals surface area (Å²) in [6, 6.07) is 3.35. The molecule has 2 aliphatic heterocycles. The van der Waals surface area contributed by atoms with Crippen LogP contribution < -0.4 is 4.74 Å². The van der Waals surface area contributed by atoms with Crippen molar-refractivity contribution in [2.45, 2.75) is 38.1 Å². The van der Waals surface area contributed by atoms with Crippen LogP contribution in [-0.2, 0) is 9.59 Å². The number of methoxy groups -OCH3 is 1. The van der Waals surface area contributed by atoms with Crippen molar-refractivity contribution >= 4 is 11.9 Å². The number of amides is 1. The summed E-state index contributed by atoms with van der Waals surface area (Å²) in [6.45, 7) is 2.69. The Morgan fingerprint density at radius 3 is 2.37 bits per heavy atom. The maximum absolute atomic E-state index is 14.0. The summed E-state index contributed by atoms with van der Waals surface area (Å²) in [5.74, 6) is -1.33. The van der Waals surface area contributed by atoms with Gasteiger partial charge in [0.2, 0.25) is 5.91 Å². The molecule has 1 unspecified atom stereocenters. The first-order valence-electron chi connectivity index (χ1n) is 9.60. The van der Waals surface area contributed by atoms with Crippen molar-refractivity contribution in [2.24, 2.45) is 5.92 Å². The van der Waals surface area contributed by atoms with E-state index in [1.54, 1.807) is 6.07 Å². The van der Waals surface area contributed by atoms with Gasteiger partial charge in [-0.2, -0.15) is 0 Å². The molecule has 1 atom stereocenters. The van der Waals surface area contributed by atoms with E-state index in [4.69, 9.17) is 4.74 Å². The number of piperidine rings is 2. The van der Waals surface area contributed by atoms with Crippen LogP contribution in [0, 0.1) is 11.7 Å². The molecule has 0 bridgehead atoms. The lowest BCUT2D eigenvalue weighted by Crippen LogP contribution is -2.46. The Bertz CT molecular complexity index is 683. The Kier molecular flexibility index (Phi) is 6.31. The second kappa shape index (κ2) is 8.69. The number of carbonyl (C=O) groups excluding carboxylic acids is 1. The van der Waals surface area contributed by atoms with E-state index in [2.05, 4.69) is 0 Å². The van der Waals surface area contributed by atoms with Crippen LogP contribution >= 0.6 is 0 Å². The number of ether oxygens (including phenoxy) is 1. The predicted molar refractivity (Wildman–Crippen MR) is 98.1 cm³/mol. The van der Waals surface area contributed by atoms with Gasteiger partial charge < -0.3 is 14.7 Å². The minimum Gasteiger partial charge on any atom is -0.494 e. The van der Waals surface area contributed by atoms with Gasteiger partial charge in [0.15, 0.2) is 11.6 Å². The lowest BCUT2D eigenvalue weighted by molar-refractivity contribution is -0.145. The number of rotatable bonds is 5. The number of nitrogens with zero attached hydrogens (tertiary/aromatic N) is 2. The molecule has 0 saturated carbocycles. The molecule has 7 heteroatoms. The van der Waals surface area contributed by atoms with Crippen molar-refractivity contribution in [2.75, 3.05) is 33.3 Å². The standard InChI is InChI=1S/C20H27FN2O4/c1-27-17-6-5-15(13-16(17)21)18(20(25)26)22-11-7-14(8-12-22)19(24)23-9-3-2-4-10-23/h5-6,13-14,18H,2-4,7-12H2,1H3,(H,25,26). The van der Waals surface area contributed by atoms with E-state index >= 15 is 0 Å². The van der Waals surface area contributed by atoms with Crippen LogP contribution in [0.5, 0.6) is 5.75 Å². The Hall–Kier alpha value is -2.15. The molecule has 2 saturated heterocycles. The largest absolute Gasteiger partial charge is 0.494 e. The minimum absolute atomic E-state index is 0.0404. The highest BCUT2D eigenvalue weighted by molar-refractivity contribution is 5.79. The van der Waals surface area contributed by atoms with Crippen molar-refractivity contribution < 1.29 is 23.8 Å². The molecule has 1 amide bonds. The second-order valence-corrected chi connectivity index (χ2v) is 7.33. The molecule has 0 aromatic heterocycles. The fourth-order valence-corrected chi connectivity index (χ4v) is 4.14. The smallest absolute Gasteiger partial charge is 0.325 e. The van der Waals surface area contributed by atoms with Crippen molar-refractivity contribution in [3.05, 3.63) is 29.6 Å². The van der Waals surface area contributed by atoms with Crippen LogP contribution in [0.2, 0.25) is 0 Å². The Balaban J connectivity index is 1.66. The number of benzene rings is 1. The highest BCUT2D eigenvalue weighted by atomic mass is 19.1. The Labute approximate surface area is 158 Å². The maximum atomic E-state index is 14.0. The summed E-state index contributed by atoms with van der Waals surface area (Å²) < 4.78 is 18.9. The number of hydrogen-bond donors (Lipinski definition) is 1. The van der Waals surface area contributed by atoms with E-state index < -0.39 is 17.8 Å². The van der Waals surface area contributed by atoms with Crippen LogP contribution in [-0.4, -0.2) is 60.1 Å². The molecule has 6 nitrogen and oxygen atoms in total. The molecule has 2 heterocycles. The van der Waals surface area contributed by atoms with Gasteiger partial charge in [-0.05, 0) is 49.8 Å². The molecule has 3 rings (SSSR count). The molecule has 27 heavy (non-hydrogen) atoms. The molecule has 1 aromatic carbocycles. The predicted octanol–water partition coefficient (Wildman–Crippen LogP) is 2.68. The van der Waals surface area contributed by atoms with E-state index in [0.29, 0.717) is 31.5 Å². The third kappa shape index (κ3) is 4.40. The van der Waals surface area contributed by atoms with Gasteiger partial charge in [0, 0.05) is 32.1 Å². The monoisotopic (exact) mass is 378 g/mol. The van der Waals surface area contributed by atoms with Gasteiger partial charge >= 0.3 is 5.97 Å². The average Bonchev–Trinajstić information content (AvgIpc) is 2.69.